The van der Waals surface area contributed by atoms with Crippen molar-refractivity contribution in [3.8, 4) is 11.1 Å². The molecule has 2 aromatic heterocycles. The SMILES string of the molecule is CC[C@@H](C)Nc1cc(C(C)(C)C)nc2c(-c3ccc(F)cc3)c(C)nn12. The third-order valence-corrected chi connectivity index (χ3v) is 4.67. The number of halogens is 1. The number of aryl methyl sites for hydroxylation is 1. The predicted octanol–water partition coefficient (Wildman–Crippen LogP) is 5.35. The van der Waals surface area contributed by atoms with Crippen molar-refractivity contribution in [2.24, 2.45) is 0 Å². The van der Waals surface area contributed by atoms with E-state index in [0.717, 1.165) is 40.4 Å². The Morgan fingerprint density at radius 3 is 2.42 bits per heavy atom. The summed E-state index contributed by atoms with van der Waals surface area (Å²) < 4.78 is 15.2. The Balaban J connectivity index is 2.28. The van der Waals surface area contributed by atoms with E-state index < -0.39 is 0 Å². The molecule has 5 heteroatoms. The average Bonchev–Trinajstić information content (AvgIpc) is 2.91. The molecule has 26 heavy (non-hydrogen) atoms. The maximum Gasteiger partial charge on any atom is 0.165 e. The molecule has 2 heterocycles. The molecule has 0 bridgehead atoms. The van der Waals surface area contributed by atoms with Gasteiger partial charge < -0.3 is 5.32 Å². The molecule has 0 saturated carbocycles. The van der Waals surface area contributed by atoms with Gasteiger partial charge in [-0.3, -0.25) is 0 Å². The number of nitrogens with zero attached hydrogens (tertiary/aromatic N) is 3. The van der Waals surface area contributed by atoms with E-state index in [-0.39, 0.29) is 11.2 Å². The van der Waals surface area contributed by atoms with E-state index in [2.05, 4.69) is 46.0 Å². The maximum absolute atomic E-state index is 13.4. The second-order valence-corrected chi connectivity index (χ2v) is 7.93. The number of nitrogens with one attached hydrogen (secondary N) is 1. The summed E-state index contributed by atoms with van der Waals surface area (Å²) >= 11 is 0. The molecular formula is C21H27FN4. The standard InChI is InChI=1S/C21H27FN4/c1-7-13(2)23-18-12-17(21(4,5)6)24-20-19(14(3)25-26(18)20)15-8-10-16(22)11-9-15/h8-13,23H,7H2,1-6H3/t13-/m1/s1. The molecule has 0 spiro atoms. The van der Waals surface area contributed by atoms with Crippen molar-refractivity contribution in [2.45, 2.75) is 59.4 Å². The smallest absolute Gasteiger partial charge is 0.165 e. The Hall–Kier alpha value is -2.43. The topological polar surface area (TPSA) is 42.2 Å². The lowest BCUT2D eigenvalue weighted by Gasteiger charge is -2.21. The minimum Gasteiger partial charge on any atom is -0.367 e. The summed E-state index contributed by atoms with van der Waals surface area (Å²) in [6, 6.07) is 8.93. The minimum atomic E-state index is -0.245. The van der Waals surface area contributed by atoms with Crippen molar-refractivity contribution in [1.29, 1.82) is 0 Å². The van der Waals surface area contributed by atoms with Gasteiger partial charge in [0.25, 0.3) is 0 Å². The second kappa shape index (κ2) is 6.71. The minimum absolute atomic E-state index is 0.0914. The summed E-state index contributed by atoms with van der Waals surface area (Å²) in [6.45, 7) is 12.7. The normalized spacial score (nSPS) is 13.2. The highest BCUT2D eigenvalue weighted by Crippen LogP contribution is 2.32. The van der Waals surface area contributed by atoms with E-state index in [4.69, 9.17) is 10.1 Å². The van der Waals surface area contributed by atoms with Crippen LogP contribution in [0.25, 0.3) is 16.8 Å². The zero-order chi connectivity index (χ0) is 19.1. The van der Waals surface area contributed by atoms with Crippen LogP contribution in [0, 0.1) is 12.7 Å². The molecule has 4 nitrogen and oxygen atoms in total. The van der Waals surface area contributed by atoms with Crippen LogP contribution in [0.1, 0.15) is 52.4 Å². The average molecular weight is 354 g/mol. The van der Waals surface area contributed by atoms with Crippen molar-refractivity contribution in [3.63, 3.8) is 0 Å². The summed E-state index contributed by atoms with van der Waals surface area (Å²) in [5.41, 5.74) is 4.45. The number of hydrogen-bond acceptors (Lipinski definition) is 3. The van der Waals surface area contributed by atoms with Gasteiger partial charge in [-0.2, -0.15) is 9.61 Å². The predicted molar refractivity (Wildman–Crippen MR) is 105 cm³/mol. The fourth-order valence-corrected chi connectivity index (χ4v) is 2.92. The molecular weight excluding hydrogens is 327 g/mol. The van der Waals surface area contributed by atoms with E-state index in [1.807, 2.05) is 11.4 Å². The van der Waals surface area contributed by atoms with Crippen molar-refractivity contribution < 1.29 is 4.39 Å². The Morgan fingerprint density at radius 1 is 1.19 bits per heavy atom. The molecule has 0 aliphatic carbocycles. The van der Waals surface area contributed by atoms with Gasteiger partial charge in [0.1, 0.15) is 11.6 Å². The van der Waals surface area contributed by atoms with E-state index in [1.54, 1.807) is 12.1 Å². The van der Waals surface area contributed by atoms with Gasteiger partial charge in [-0.05, 0) is 38.0 Å². The summed E-state index contributed by atoms with van der Waals surface area (Å²) in [5.74, 6) is 0.691. The number of aromatic nitrogens is 3. The Kier molecular flexibility index (Phi) is 4.74. The molecule has 0 aliphatic rings. The van der Waals surface area contributed by atoms with Crippen LogP contribution in [0.15, 0.2) is 30.3 Å². The number of fused-ring (bicyclic) bond motifs is 1. The first-order valence-corrected chi connectivity index (χ1v) is 9.14. The zero-order valence-electron chi connectivity index (χ0n) is 16.4. The monoisotopic (exact) mass is 354 g/mol. The van der Waals surface area contributed by atoms with Crippen LogP contribution < -0.4 is 5.32 Å². The van der Waals surface area contributed by atoms with E-state index in [9.17, 15) is 4.39 Å². The van der Waals surface area contributed by atoms with Crippen LogP contribution in [-0.2, 0) is 5.41 Å². The molecule has 0 amide bonds. The quantitative estimate of drug-likeness (QED) is 0.686. The maximum atomic E-state index is 13.4. The van der Waals surface area contributed by atoms with E-state index >= 15 is 0 Å². The lowest BCUT2D eigenvalue weighted by Crippen LogP contribution is -2.20. The third kappa shape index (κ3) is 3.43. The molecule has 138 valence electrons. The van der Waals surface area contributed by atoms with Crippen LogP contribution in [0.3, 0.4) is 0 Å². The van der Waals surface area contributed by atoms with Gasteiger partial charge in [-0.25, -0.2) is 9.37 Å². The summed E-state index contributed by atoms with van der Waals surface area (Å²) in [5, 5.41) is 8.27. The van der Waals surface area contributed by atoms with Crippen LogP contribution in [0.2, 0.25) is 0 Å². The molecule has 0 radical (unpaired) electrons. The molecule has 1 aromatic carbocycles. The molecule has 3 rings (SSSR count). The first kappa shape index (κ1) is 18.4. The Labute approximate surface area is 154 Å². The highest BCUT2D eigenvalue weighted by Gasteiger charge is 2.22. The Bertz CT molecular complexity index is 920. The first-order valence-electron chi connectivity index (χ1n) is 9.14. The molecule has 0 aliphatic heterocycles. The van der Waals surface area contributed by atoms with Crippen LogP contribution in [-0.4, -0.2) is 20.6 Å². The van der Waals surface area contributed by atoms with Gasteiger partial charge in [-0.15, -0.1) is 0 Å². The number of anilines is 1. The van der Waals surface area contributed by atoms with Gasteiger partial charge >= 0.3 is 0 Å². The summed E-state index contributed by atoms with van der Waals surface area (Å²) in [4.78, 5) is 4.93. The largest absolute Gasteiger partial charge is 0.367 e. The highest BCUT2D eigenvalue weighted by molar-refractivity contribution is 5.81. The zero-order valence-corrected chi connectivity index (χ0v) is 16.4. The second-order valence-electron chi connectivity index (χ2n) is 7.93. The van der Waals surface area contributed by atoms with Crippen LogP contribution >= 0.6 is 0 Å². The van der Waals surface area contributed by atoms with E-state index in [1.165, 1.54) is 12.1 Å². The molecule has 0 unspecified atom stereocenters. The van der Waals surface area contributed by atoms with E-state index in [0.29, 0.717) is 6.04 Å². The lowest BCUT2D eigenvalue weighted by molar-refractivity contribution is 0.568. The van der Waals surface area contributed by atoms with Gasteiger partial charge in [0.15, 0.2) is 5.65 Å². The number of rotatable bonds is 4. The van der Waals surface area contributed by atoms with Crippen LogP contribution in [0.4, 0.5) is 10.2 Å². The van der Waals surface area contributed by atoms with Gasteiger partial charge in [0, 0.05) is 23.1 Å². The summed E-state index contributed by atoms with van der Waals surface area (Å²) in [6.07, 6.45) is 1.01. The lowest BCUT2D eigenvalue weighted by atomic mass is 9.91. The molecule has 1 atom stereocenters. The Morgan fingerprint density at radius 2 is 1.85 bits per heavy atom. The number of benzene rings is 1. The fraction of sp³-hybridized carbons (Fsp3) is 0.429. The van der Waals surface area contributed by atoms with Gasteiger partial charge in [0.2, 0.25) is 0 Å². The highest BCUT2D eigenvalue weighted by atomic mass is 19.1. The van der Waals surface area contributed by atoms with Crippen molar-refractivity contribution in [2.75, 3.05) is 5.32 Å². The fourth-order valence-electron chi connectivity index (χ4n) is 2.92. The molecule has 3 aromatic rings. The van der Waals surface area contributed by atoms with Crippen molar-refractivity contribution in [3.05, 3.63) is 47.5 Å². The van der Waals surface area contributed by atoms with Gasteiger partial charge in [-0.1, -0.05) is 39.8 Å². The van der Waals surface area contributed by atoms with Crippen LogP contribution in [0.5, 0.6) is 0 Å². The summed E-state index contributed by atoms with van der Waals surface area (Å²) in [7, 11) is 0. The van der Waals surface area contributed by atoms with Crippen molar-refractivity contribution in [1.82, 2.24) is 14.6 Å². The molecule has 1 N–H and O–H groups in total. The third-order valence-electron chi connectivity index (χ3n) is 4.67. The molecule has 0 fully saturated rings. The number of hydrogen-bond donors (Lipinski definition) is 1. The van der Waals surface area contributed by atoms with Crippen molar-refractivity contribution >= 4 is 11.5 Å². The first-order chi connectivity index (χ1) is 12.2. The molecule has 0 saturated heterocycles. The van der Waals surface area contributed by atoms with Gasteiger partial charge in [0.05, 0.1) is 11.4 Å².